The molecule has 0 aromatic rings. The Labute approximate surface area is 562 Å². The lowest BCUT2D eigenvalue weighted by molar-refractivity contribution is -0.157. The standard InChI is InChI=1S/C68H122N12O14/c1-24-26-29-45(13)58(82)57-62(86)71-49(25-2)64(88)73(17)39-53(81)77(21)56(48(16)94-33-28-27-30-80-31-34-93-35-32-80)61(85)72-54(43(9)10)67(91)74(18)50(36-40(3)4)60(84)69-46(14)59(83)70-47(15)63(87)75(19)51(37-41(5)6)65(89)76(20)52(38-42(7)8)66(90)78(22)55(44(11)12)68(92)79(57)23/h24,26,40-52,54-58,82H,25,27-39H2,1-23H3,(H,69,84)(H,70,83)(H,71,86)(H,72,85)/b26-24+/t45-,46+,47-,48-,49+,50+,51+,52+,54+,55+,56+,57-,58-/m1/s1. The summed E-state index contributed by atoms with van der Waals surface area (Å²) in [4.78, 5) is 173. The highest BCUT2D eigenvalue weighted by Gasteiger charge is 2.46. The number of hydrogen-bond donors (Lipinski definition) is 5. The summed E-state index contributed by atoms with van der Waals surface area (Å²) < 4.78 is 11.8. The van der Waals surface area contributed by atoms with Gasteiger partial charge in [0.25, 0.3) is 0 Å². The molecular formula is C68H122N12O14. The molecule has 2 saturated heterocycles. The van der Waals surface area contributed by atoms with Crippen LogP contribution in [0.1, 0.15) is 156 Å². The number of aliphatic hydroxyl groups excluding tert-OH is 1. The molecule has 2 aliphatic rings. The third kappa shape index (κ3) is 24.1. The number of hydrogen-bond acceptors (Lipinski definition) is 15. The number of unbranched alkanes of at least 4 members (excludes halogenated alkanes) is 1. The van der Waals surface area contributed by atoms with E-state index in [0.29, 0.717) is 26.1 Å². The van der Waals surface area contributed by atoms with Gasteiger partial charge in [0.2, 0.25) is 65.0 Å². The first-order valence-electron chi connectivity index (χ1n) is 34.1. The number of rotatable bonds is 20. The van der Waals surface area contributed by atoms with Gasteiger partial charge in [0, 0.05) is 69.0 Å². The first kappa shape index (κ1) is 83.8. The summed E-state index contributed by atoms with van der Waals surface area (Å²) in [7, 11) is 9.87. The molecule has 538 valence electrons. The number of carbonyl (C=O) groups excluding carboxylic acids is 11. The maximum absolute atomic E-state index is 15.2. The second kappa shape index (κ2) is 39.7. The Morgan fingerprint density at radius 3 is 1.53 bits per heavy atom. The summed E-state index contributed by atoms with van der Waals surface area (Å²) in [6, 6.07) is -12.8. The zero-order chi connectivity index (χ0) is 71.9. The topological polar surface area (TPSA) is 300 Å². The van der Waals surface area contributed by atoms with Gasteiger partial charge in [-0.1, -0.05) is 95.2 Å². The Balaban J connectivity index is 2.97. The van der Waals surface area contributed by atoms with E-state index in [2.05, 4.69) is 26.2 Å². The van der Waals surface area contributed by atoms with Gasteiger partial charge in [-0.05, 0) is 115 Å². The van der Waals surface area contributed by atoms with E-state index in [9.17, 15) is 43.5 Å². The maximum atomic E-state index is 15.2. The molecule has 13 atom stereocenters. The SMILES string of the molecule is C/C=C/C[C@@H](C)[C@@H](O)[C@@H]1C(=O)N[C@@H](CC)C(=O)N(C)CC(=O)N(C)[C@@H]([C@@H](C)OCCCCN2CCOCC2)C(=O)N[C@@H](C(C)C)C(=O)N(C)[C@@H](CC(C)C)C(=O)N[C@@H](C)C(=O)N[C@H](C)C(=O)N(C)[C@@H](CC(C)C)C(=O)N(C)[C@@H](CC(C)C)C(=O)N(C)[C@@H](C(C)C)C(=O)N1C. The van der Waals surface area contributed by atoms with Crippen molar-refractivity contribution in [3.8, 4) is 0 Å². The summed E-state index contributed by atoms with van der Waals surface area (Å²) in [6.07, 6.45) is 3.21. The number of ether oxygens (including phenoxy) is 2. The van der Waals surface area contributed by atoms with Crippen LogP contribution in [0.4, 0.5) is 0 Å². The average Bonchev–Trinajstić information content (AvgIpc) is 0.810. The molecule has 2 fully saturated rings. The zero-order valence-electron chi connectivity index (χ0n) is 61.3. The smallest absolute Gasteiger partial charge is 0.246 e. The first-order chi connectivity index (χ1) is 43.8. The van der Waals surface area contributed by atoms with Gasteiger partial charge >= 0.3 is 0 Å². The van der Waals surface area contributed by atoms with E-state index >= 15 is 14.4 Å². The van der Waals surface area contributed by atoms with E-state index in [0.717, 1.165) is 40.8 Å². The highest BCUT2D eigenvalue weighted by atomic mass is 16.5. The Morgan fingerprint density at radius 2 is 1.02 bits per heavy atom. The summed E-state index contributed by atoms with van der Waals surface area (Å²) in [5.74, 6) is -10.0. The van der Waals surface area contributed by atoms with E-state index in [-0.39, 0.29) is 50.0 Å². The summed E-state index contributed by atoms with van der Waals surface area (Å²) >= 11 is 0. The molecule has 2 heterocycles. The lowest BCUT2D eigenvalue weighted by Crippen LogP contribution is -2.63. The van der Waals surface area contributed by atoms with Crippen molar-refractivity contribution in [1.29, 1.82) is 0 Å². The highest BCUT2D eigenvalue weighted by molar-refractivity contribution is 5.99. The van der Waals surface area contributed by atoms with Crippen LogP contribution in [0.3, 0.4) is 0 Å². The van der Waals surface area contributed by atoms with E-state index in [4.69, 9.17) is 9.47 Å². The van der Waals surface area contributed by atoms with E-state index in [1.54, 1.807) is 67.5 Å². The van der Waals surface area contributed by atoms with Crippen LogP contribution in [0.2, 0.25) is 0 Å². The molecule has 0 aliphatic carbocycles. The number of nitrogens with one attached hydrogen (secondary N) is 4. The molecule has 2 rings (SSSR count). The van der Waals surface area contributed by atoms with Crippen LogP contribution in [0.25, 0.3) is 0 Å². The zero-order valence-corrected chi connectivity index (χ0v) is 61.3. The number of likely N-dealkylation sites (N-methyl/N-ethyl adjacent to an activating group) is 7. The van der Waals surface area contributed by atoms with Gasteiger partial charge in [0.15, 0.2) is 0 Å². The van der Waals surface area contributed by atoms with Crippen LogP contribution >= 0.6 is 0 Å². The van der Waals surface area contributed by atoms with E-state index < -0.39 is 162 Å². The molecule has 0 bridgehead atoms. The lowest BCUT2D eigenvalue weighted by Gasteiger charge is -2.41. The third-order valence-electron chi connectivity index (χ3n) is 18.1. The molecule has 0 saturated carbocycles. The van der Waals surface area contributed by atoms with Crippen LogP contribution in [0.15, 0.2) is 12.2 Å². The van der Waals surface area contributed by atoms with Crippen LogP contribution in [0, 0.1) is 35.5 Å². The number of morpholine rings is 1. The molecule has 26 heteroatoms. The van der Waals surface area contributed by atoms with Gasteiger partial charge in [0.1, 0.15) is 60.4 Å². The first-order valence-corrected chi connectivity index (χ1v) is 34.1. The second-order valence-corrected chi connectivity index (χ2v) is 28.1. The number of amides is 11. The third-order valence-corrected chi connectivity index (χ3v) is 18.1. The number of carbonyl (C=O) groups is 11. The van der Waals surface area contributed by atoms with Crippen molar-refractivity contribution >= 4 is 65.0 Å². The van der Waals surface area contributed by atoms with Crippen molar-refractivity contribution in [2.45, 2.75) is 228 Å². The Bertz CT molecular complexity index is 2540. The summed E-state index contributed by atoms with van der Waals surface area (Å²) in [6.45, 7) is 31.1. The van der Waals surface area contributed by atoms with Crippen LogP contribution in [0.5, 0.6) is 0 Å². The fourth-order valence-electron chi connectivity index (χ4n) is 12.1. The molecule has 2 aliphatic heterocycles. The van der Waals surface area contributed by atoms with Crippen molar-refractivity contribution in [2.75, 3.05) is 95.3 Å². The van der Waals surface area contributed by atoms with Gasteiger partial charge in [-0.3, -0.25) is 57.6 Å². The van der Waals surface area contributed by atoms with Crippen molar-refractivity contribution in [3.63, 3.8) is 0 Å². The molecule has 26 nitrogen and oxygen atoms in total. The fraction of sp³-hybridized carbons (Fsp3) is 0.809. The minimum atomic E-state index is -1.63. The Hall–Kier alpha value is -6.25. The number of nitrogens with zero attached hydrogens (tertiary/aromatic N) is 8. The summed E-state index contributed by atoms with van der Waals surface area (Å²) in [5, 5.41) is 23.2. The molecular weight excluding hydrogens is 1210 g/mol. The second-order valence-electron chi connectivity index (χ2n) is 28.1. The van der Waals surface area contributed by atoms with E-state index in [1.807, 2.05) is 41.5 Å². The molecule has 0 aromatic carbocycles. The van der Waals surface area contributed by atoms with Crippen LogP contribution in [-0.2, 0) is 62.2 Å². The largest absolute Gasteiger partial charge is 0.390 e. The van der Waals surface area contributed by atoms with E-state index in [1.165, 1.54) is 82.8 Å². The Kier molecular flexibility index (Phi) is 35.4. The van der Waals surface area contributed by atoms with Gasteiger partial charge < -0.3 is 70.1 Å². The minimum Gasteiger partial charge on any atom is -0.390 e. The molecule has 5 N–H and O–H groups in total. The predicted octanol–water partition coefficient (Wildman–Crippen LogP) is 2.74. The normalized spacial score (nSPS) is 26.9. The molecule has 0 aromatic heterocycles. The van der Waals surface area contributed by atoms with Gasteiger partial charge in [0.05, 0.1) is 32.0 Å². The van der Waals surface area contributed by atoms with Crippen molar-refractivity contribution in [2.24, 2.45) is 35.5 Å². The van der Waals surface area contributed by atoms with Gasteiger partial charge in [-0.15, -0.1) is 0 Å². The van der Waals surface area contributed by atoms with Gasteiger partial charge in [-0.2, -0.15) is 0 Å². The molecule has 94 heavy (non-hydrogen) atoms. The monoisotopic (exact) mass is 1330 g/mol. The van der Waals surface area contributed by atoms with Crippen molar-refractivity contribution < 1.29 is 67.3 Å². The van der Waals surface area contributed by atoms with Crippen molar-refractivity contribution in [3.05, 3.63) is 12.2 Å². The molecule has 0 unspecified atom stereocenters. The molecule has 0 spiro atoms. The molecule has 0 radical (unpaired) electrons. The average molecular weight is 1330 g/mol. The Morgan fingerprint density at radius 1 is 0.532 bits per heavy atom. The van der Waals surface area contributed by atoms with Gasteiger partial charge in [-0.25, -0.2) is 0 Å². The summed E-state index contributed by atoms with van der Waals surface area (Å²) in [5.41, 5.74) is 0. The minimum absolute atomic E-state index is 0.00187. The molecule has 11 amide bonds. The number of aliphatic hydroxyl groups is 1. The predicted molar refractivity (Wildman–Crippen MR) is 361 cm³/mol. The number of allylic oxidation sites excluding steroid dienone is 2. The van der Waals surface area contributed by atoms with Crippen LogP contribution < -0.4 is 21.3 Å². The highest BCUT2D eigenvalue weighted by Crippen LogP contribution is 2.26. The quantitative estimate of drug-likeness (QED) is 0.0865. The fourth-order valence-corrected chi connectivity index (χ4v) is 12.1. The lowest BCUT2D eigenvalue weighted by atomic mass is 9.91. The van der Waals surface area contributed by atoms with Crippen LogP contribution in [-0.4, -0.2) is 277 Å². The maximum Gasteiger partial charge on any atom is 0.246 e. The van der Waals surface area contributed by atoms with Crippen molar-refractivity contribution in [1.82, 2.24) is 60.5 Å².